The molecule has 0 saturated heterocycles. The van der Waals surface area contributed by atoms with Crippen LogP contribution in [-0.2, 0) is 21.0 Å². The van der Waals surface area contributed by atoms with Crippen molar-refractivity contribution >= 4 is 0 Å². The maximum absolute atomic E-state index is 8.25. The van der Waals surface area contributed by atoms with Crippen LogP contribution < -0.4 is 0 Å². The van der Waals surface area contributed by atoms with Gasteiger partial charge in [0.05, 0.1) is 10.2 Å². The molecule has 0 unspecified atom stereocenters. The van der Waals surface area contributed by atoms with Crippen LogP contribution in [0.2, 0.25) is 0 Å². The van der Waals surface area contributed by atoms with E-state index in [9.17, 15) is 0 Å². The van der Waals surface area contributed by atoms with Crippen LogP contribution in [0.3, 0.4) is 0 Å². The number of hydrogen-bond donors (Lipinski definition) is 0. The van der Waals surface area contributed by atoms with Crippen LogP contribution in [0.1, 0.15) is 0 Å². The molecule has 0 aliphatic carbocycles. The molecule has 57 valence electrons. The minimum absolute atomic E-state index is 1.06. The van der Waals surface area contributed by atoms with Gasteiger partial charge < -0.3 is 30.6 Å². The quantitative estimate of drug-likeness (QED) is 0.366. The molecule has 0 aromatic carbocycles. The second-order valence-corrected chi connectivity index (χ2v) is 0.447. The Bertz CT molecular complexity index is 79.8. The van der Waals surface area contributed by atoms with Crippen LogP contribution in [0.5, 0.6) is 0 Å². The van der Waals surface area contributed by atoms with Crippen molar-refractivity contribution in [2.75, 3.05) is 0 Å². The second-order valence-electron chi connectivity index (χ2n) is 0.447. The van der Waals surface area contributed by atoms with E-state index in [1.54, 1.807) is 0 Å². The summed E-state index contributed by atoms with van der Waals surface area (Å²) in [7, 11) is 0. The van der Waals surface area contributed by atoms with Crippen molar-refractivity contribution in [1.82, 2.24) is 0 Å². The van der Waals surface area contributed by atoms with E-state index in [-0.39, 0.29) is 0 Å². The van der Waals surface area contributed by atoms with Crippen LogP contribution >= 0.6 is 0 Å². The molecular weight excluding hydrogens is 191 g/mol. The van der Waals surface area contributed by atoms with E-state index < -0.39 is 10.2 Å². The first-order valence-corrected chi connectivity index (χ1v) is 1.85. The molecule has 0 N–H and O–H groups in total. The summed E-state index contributed by atoms with van der Waals surface area (Å²) < 4.78 is 8.19. The SMILES string of the molecule is O=[N+]([O-])[O-].O=[N+]([O-])[O-].[O]=[V+2]. The van der Waals surface area contributed by atoms with Crippen molar-refractivity contribution in [2.45, 2.75) is 0 Å². The molecule has 0 bridgehead atoms. The Labute approximate surface area is 62.7 Å². The topological polar surface area (TPSA) is 149 Å². The summed E-state index contributed by atoms with van der Waals surface area (Å²) in [5.41, 5.74) is 0. The molecule has 0 aromatic heterocycles. The molecule has 10 heteroatoms. The molecular formula is N2O7V. The Morgan fingerprint density at radius 1 is 0.800 bits per heavy atom. The number of rotatable bonds is 0. The molecule has 0 heterocycles. The summed E-state index contributed by atoms with van der Waals surface area (Å²) in [4.78, 5) is 16.5. The Morgan fingerprint density at radius 2 is 0.800 bits per heavy atom. The zero-order chi connectivity index (χ0) is 9.15. The van der Waals surface area contributed by atoms with Crippen LogP contribution in [-0.4, -0.2) is 10.2 Å². The Morgan fingerprint density at radius 3 is 0.800 bits per heavy atom. The van der Waals surface area contributed by atoms with Gasteiger partial charge in [0.1, 0.15) is 0 Å². The predicted octanol–water partition coefficient (Wildman–Crippen LogP) is -0.600. The van der Waals surface area contributed by atoms with Gasteiger partial charge in [-0.05, 0) is 0 Å². The summed E-state index contributed by atoms with van der Waals surface area (Å²) in [6.07, 6.45) is 0. The summed E-state index contributed by atoms with van der Waals surface area (Å²) in [5, 5.41) is 29.5. The number of nitrogens with zero attached hydrogens (tertiary/aromatic N) is 2. The monoisotopic (exact) mass is 191 g/mol. The Hall–Kier alpha value is -1.22. The predicted molar refractivity (Wildman–Crippen MR) is 21.4 cm³/mol. The molecule has 0 aliphatic rings. The Balaban J connectivity index is -0.0000000787. The summed E-state index contributed by atoms with van der Waals surface area (Å²) in [6, 6.07) is 0. The van der Waals surface area contributed by atoms with Crippen molar-refractivity contribution in [1.29, 1.82) is 0 Å². The van der Waals surface area contributed by atoms with Gasteiger partial charge in [0.25, 0.3) is 0 Å². The van der Waals surface area contributed by atoms with Crippen LogP contribution in [0.4, 0.5) is 0 Å². The summed E-state index contributed by atoms with van der Waals surface area (Å²) >= 11 is 1.06. The van der Waals surface area contributed by atoms with Crippen LogP contribution in [0, 0.1) is 30.6 Å². The molecule has 0 aliphatic heterocycles. The van der Waals surface area contributed by atoms with E-state index in [4.69, 9.17) is 34.3 Å². The maximum atomic E-state index is 8.25. The van der Waals surface area contributed by atoms with E-state index >= 15 is 0 Å². The van der Waals surface area contributed by atoms with E-state index in [1.807, 2.05) is 0 Å². The zero-order valence-electron chi connectivity index (χ0n) is 4.20. The summed E-state index contributed by atoms with van der Waals surface area (Å²) in [5.74, 6) is 0. The summed E-state index contributed by atoms with van der Waals surface area (Å²) in [6.45, 7) is 0. The van der Waals surface area contributed by atoms with E-state index in [0.29, 0.717) is 0 Å². The molecule has 0 fully saturated rings. The third-order valence-electron chi connectivity index (χ3n) is 0. The molecule has 0 radical (unpaired) electrons. The van der Waals surface area contributed by atoms with Crippen LogP contribution in [0.25, 0.3) is 0 Å². The van der Waals surface area contributed by atoms with Gasteiger partial charge in [-0.15, -0.1) is 0 Å². The van der Waals surface area contributed by atoms with Gasteiger partial charge in [-0.1, -0.05) is 0 Å². The van der Waals surface area contributed by atoms with Crippen molar-refractivity contribution < 1.29 is 31.2 Å². The fourth-order valence-electron chi connectivity index (χ4n) is 0. The first kappa shape index (κ1) is 15.9. The van der Waals surface area contributed by atoms with Crippen molar-refractivity contribution in [3.05, 3.63) is 30.6 Å². The second kappa shape index (κ2) is 15.7. The number of hydrogen-bond acceptors (Lipinski definition) is 7. The van der Waals surface area contributed by atoms with Gasteiger partial charge in [-0.3, -0.25) is 0 Å². The fraction of sp³-hybridized carbons (Fsp3) is 0. The average Bonchev–Trinajstić information content (AvgIpc) is 1.66. The van der Waals surface area contributed by atoms with Gasteiger partial charge in [0, 0.05) is 0 Å². The van der Waals surface area contributed by atoms with E-state index in [0.717, 1.165) is 17.4 Å². The molecule has 0 spiro atoms. The van der Waals surface area contributed by atoms with Crippen molar-refractivity contribution in [2.24, 2.45) is 0 Å². The Kier molecular flexibility index (Phi) is 24.9. The van der Waals surface area contributed by atoms with Gasteiger partial charge in [-0.25, -0.2) is 0 Å². The molecule has 0 atom stereocenters. The fourth-order valence-corrected chi connectivity index (χ4v) is 0. The normalized spacial score (nSPS) is 5.40. The first-order chi connectivity index (χ1) is 4.46. The van der Waals surface area contributed by atoms with Gasteiger partial charge in [0.2, 0.25) is 0 Å². The standard InChI is InChI=1S/2NO3.O.V/c2*2-1(3)4;;/q2*-1;;+2. The molecule has 0 amide bonds. The first-order valence-electron chi connectivity index (χ1n) is 1.28. The minimum atomic E-state index is -1.75. The van der Waals surface area contributed by atoms with Gasteiger partial charge >= 0.3 is 21.0 Å². The molecule has 10 heavy (non-hydrogen) atoms. The molecule has 0 rings (SSSR count). The van der Waals surface area contributed by atoms with E-state index in [2.05, 4.69) is 0 Å². The van der Waals surface area contributed by atoms with Crippen molar-refractivity contribution in [3.63, 3.8) is 0 Å². The van der Waals surface area contributed by atoms with Gasteiger partial charge in [-0.2, -0.15) is 0 Å². The average molecular weight is 191 g/mol. The van der Waals surface area contributed by atoms with Crippen molar-refractivity contribution in [3.8, 4) is 0 Å². The third kappa shape index (κ3) is 154. The molecule has 0 saturated carbocycles. The molecule has 0 aromatic rings. The van der Waals surface area contributed by atoms with Gasteiger partial charge in [0.15, 0.2) is 0 Å². The molecule has 9 nitrogen and oxygen atoms in total. The van der Waals surface area contributed by atoms with Crippen LogP contribution in [0.15, 0.2) is 0 Å². The zero-order valence-corrected chi connectivity index (χ0v) is 5.60. The van der Waals surface area contributed by atoms with E-state index in [1.165, 1.54) is 0 Å². The third-order valence-corrected chi connectivity index (χ3v) is 0.